The molecule has 107 valence electrons. The Morgan fingerprint density at radius 3 is 2.71 bits per heavy atom. The second-order valence-corrected chi connectivity index (χ2v) is 4.30. The molecule has 5 heteroatoms. The average molecular weight is 290 g/mol. The van der Waals surface area contributed by atoms with Gasteiger partial charge in [0.2, 0.25) is 0 Å². The summed E-state index contributed by atoms with van der Waals surface area (Å²) in [5.41, 5.74) is 0.274. The van der Waals surface area contributed by atoms with Gasteiger partial charge in [-0.2, -0.15) is 5.26 Å². The molecule has 0 saturated carbocycles. The summed E-state index contributed by atoms with van der Waals surface area (Å²) in [5.74, 6) is -0.761. The van der Waals surface area contributed by atoms with Gasteiger partial charge in [-0.25, -0.2) is 13.2 Å². The number of nitriles is 1. The first-order chi connectivity index (χ1) is 10.0. The minimum Gasteiger partial charge on any atom is -0.454 e. The Balaban J connectivity index is 2.45. The minimum atomic E-state index is -2.74. The minimum absolute atomic E-state index is 0.00227. The molecule has 2 rings (SSSR count). The zero-order valence-corrected chi connectivity index (χ0v) is 11.2. The topological polar surface area (TPSA) is 33.0 Å². The summed E-state index contributed by atoms with van der Waals surface area (Å²) in [7, 11) is 0. The highest BCUT2D eigenvalue weighted by Gasteiger charge is 2.14. The Morgan fingerprint density at radius 2 is 2.10 bits per heavy atom. The Morgan fingerprint density at radius 1 is 1.33 bits per heavy atom. The summed E-state index contributed by atoms with van der Waals surface area (Å²) in [6, 6.07) is 10.7. The third-order valence-electron chi connectivity index (χ3n) is 2.90. The van der Waals surface area contributed by atoms with Gasteiger partial charge in [0, 0.05) is 11.6 Å². The van der Waals surface area contributed by atoms with Crippen LogP contribution in [0.3, 0.4) is 0 Å². The first-order valence-corrected chi connectivity index (χ1v) is 6.25. The highest BCUT2D eigenvalue weighted by Crippen LogP contribution is 2.32. The van der Waals surface area contributed by atoms with Crippen molar-refractivity contribution >= 4 is 0 Å². The van der Waals surface area contributed by atoms with Gasteiger partial charge in [0.1, 0.15) is 5.75 Å². The van der Waals surface area contributed by atoms with Crippen molar-refractivity contribution in [3.05, 3.63) is 58.9 Å². The second-order valence-electron chi connectivity index (χ2n) is 4.30. The lowest BCUT2D eigenvalue weighted by Crippen LogP contribution is -1.96. The molecule has 0 fully saturated rings. The molecule has 21 heavy (non-hydrogen) atoms. The van der Waals surface area contributed by atoms with E-state index in [9.17, 15) is 13.2 Å². The summed E-state index contributed by atoms with van der Waals surface area (Å²) in [4.78, 5) is 0. The molecule has 0 aliphatic carbocycles. The molecule has 0 heterocycles. The normalized spacial score (nSPS) is 10.5. The van der Waals surface area contributed by atoms with Gasteiger partial charge in [-0.05, 0) is 30.2 Å². The largest absolute Gasteiger partial charge is 0.454 e. The lowest BCUT2D eigenvalue weighted by Gasteiger charge is -2.12. The number of nitrogens with zero attached hydrogens (tertiary/aromatic N) is 1. The number of alkyl halides is 2. The van der Waals surface area contributed by atoms with Gasteiger partial charge in [0.25, 0.3) is 6.43 Å². The SMILES string of the molecule is CCc1cc[c]c(F)c1Oc1cc(C#N)cc(C(F)F)c1. The van der Waals surface area contributed by atoms with E-state index in [1.807, 2.05) is 6.92 Å². The number of ether oxygens (including phenoxy) is 1. The number of halogens is 3. The second kappa shape index (κ2) is 6.31. The van der Waals surface area contributed by atoms with Gasteiger partial charge >= 0.3 is 0 Å². The van der Waals surface area contributed by atoms with Crippen LogP contribution in [0.15, 0.2) is 30.3 Å². The Bertz CT molecular complexity index is 692. The van der Waals surface area contributed by atoms with E-state index < -0.39 is 12.2 Å². The van der Waals surface area contributed by atoms with Crippen LogP contribution in [0.5, 0.6) is 11.5 Å². The predicted octanol–water partition coefficient (Wildman–Crippen LogP) is 4.79. The molecule has 2 aromatic carbocycles. The number of rotatable bonds is 4. The van der Waals surface area contributed by atoms with Crippen LogP contribution in [0, 0.1) is 23.2 Å². The fourth-order valence-electron chi connectivity index (χ4n) is 1.88. The van der Waals surface area contributed by atoms with E-state index in [0.717, 1.165) is 12.1 Å². The lowest BCUT2D eigenvalue weighted by atomic mass is 10.1. The van der Waals surface area contributed by atoms with E-state index in [-0.39, 0.29) is 22.6 Å². The monoisotopic (exact) mass is 290 g/mol. The lowest BCUT2D eigenvalue weighted by molar-refractivity contribution is 0.151. The molecule has 1 radical (unpaired) electrons. The quantitative estimate of drug-likeness (QED) is 0.811. The molecule has 0 aliphatic heterocycles. The number of aryl methyl sites for hydroxylation is 1. The van der Waals surface area contributed by atoms with Crippen LogP contribution in [-0.4, -0.2) is 0 Å². The number of hydrogen-bond donors (Lipinski definition) is 0. The first kappa shape index (κ1) is 14.9. The Kier molecular flexibility index (Phi) is 4.49. The molecule has 0 aromatic heterocycles. The molecule has 2 aromatic rings. The summed E-state index contributed by atoms with van der Waals surface area (Å²) in [6.07, 6.45) is -2.22. The molecule has 0 bridgehead atoms. The van der Waals surface area contributed by atoms with Crippen LogP contribution in [0.4, 0.5) is 13.2 Å². The van der Waals surface area contributed by atoms with Crippen molar-refractivity contribution < 1.29 is 17.9 Å². The van der Waals surface area contributed by atoms with Crippen molar-refractivity contribution in [2.45, 2.75) is 19.8 Å². The van der Waals surface area contributed by atoms with Crippen LogP contribution in [0.1, 0.15) is 30.0 Å². The van der Waals surface area contributed by atoms with E-state index in [0.29, 0.717) is 12.0 Å². The maximum Gasteiger partial charge on any atom is 0.264 e. The highest BCUT2D eigenvalue weighted by atomic mass is 19.3. The molecule has 0 aliphatic rings. The Hall–Kier alpha value is -2.48. The molecule has 2 nitrogen and oxygen atoms in total. The van der Waals surface area contributed by atoms with Crippen LogP contribution in [0.2, 0.25) is 0 Å². The van der Waals surface area contributed by atoms with Gasteiger partial charge in [0.05, 0.1) is 11.6 Å². The highest BCUT2D eigenvalue weighted by molar-refractivity contribution is 5.45. The van der Waals surface area contributed by atoms with Crippen LogP contribution in [-0.2, 0) is 6.42 Å². The zero-order chi connectivity index (χ0) is 15.4. The molecule has 0 atom stereocenters. The number of benzene rings is 2. The van der Waals surface area contributed by atoms with E-state index in [2.05, 4.69) is 6.07 Å². The Labute approximate surface area is 120 Å². The molecular weight excluding hydrogens is 279 g/mol. The first-order valence-electron chi connectivity index (χ1n) is 6.25. The van der Waals surface area contributed by atoms with Crippen LogP contribution < -0.4 is 4.74 Å². The van der Waals surface area contributed by atoms with Gasteiger partial charge in [-0.1, -0.05) is 19.1 Å². The smallest absolute Gasteiger partial charge is 0.264 e. The fourth-order valence-corrected chi connectivity index (χ4v) is 1.88. The summed E-state index contributed by atoms with van der Waals surface area (Å²) < 4.78 is 44.7. The van der Waals surface area contributed by atoms with Crippen molar-refractivity contribution in [2.24, 2.45) is 0 Å². The fraction of sp³-hybridized carbons (Fsp3) is 0.188. The van der Waals surface area contributed by atoms with Crippen molar-refractivity contribution in [1.29, 1.82) is 5.26 Å². The van der Waals surface area contributed by atoms with Crippen LogP contribution >= 0.6 is 0 Å². The molecule has 0 spiro atoms. The zero-order valence-electron chi connectivity index (χ0n) is 11.2. The average Bonchev–Trinajstić information content (AvgIpc) is 2.48. The third kappa shape index (κ3) is 3.34. The van der Waals surface area contributed by atoms with Gasteiger partial charge in [-0.15, -0.1) is 0 Å². The van der Waals surface area contributed by atoms with Crippen LogP contribution in [0.25, 0.3) is 0 Å². The number of hydrogen-bond acceptors (Lipinski definition) is 2. The van der Waals surface area contributed by atoms with Crippen molar-refractivity contribution in [3.63, 3.8) is 0 Å². The van der Waals surface area contributed by atoms with Crippen molar-refractivity contribution in [3.8, 4) is 17.6 Å². The molecule has 0 N–H and O–H groups in total. The van der Waals surface area contributed by atoms with Gasteiger partial charge in [-0.3, -0.25) is 0 Å². The molecule has 0 saturated heterocycles. The third-order valence-corrected chi connectivity index (χ3v) is 2.90. The van der Waals surface area contributed by atoms with E-state index in [4.69, 9.17) is 10.00 Å². The standard InChI is InChI=1S/C16H11F3NO/c1-2-11-4-3-5-14(17)15(11)21-13-7-10(9-20)6-12(8-13)16(18)19/h3-4,6-8,16H,2H2,1H3. The summed E-state index contributed by atoms with van der Waals surface area (Å²) in [6.45, 7) is 1.82. The maximum absolute atomic E-state index is 13.8. The van der Waals surface area contributed by atoms with Gasteiger partial charge in [0.15, 0.2) is 11.6 Å². The molecule has 0 amide bonds. The van der Waals surface area contributed by atoms with Crippen molar-refractivity contribution in [1.82, 2.24) is 0 Å². The molecular formula is C16H11F3NO. The summed E-state index contributed by atoms with van der Waals surface area (Å²) >= 11 is 0. The summed E-state index contributed by atoms with van der Waals surface area (Å²) in [5, 5.41) is 8.86. The van der Waals surface area contributed by atoms with E-state index in [1.54, 1.807) is 12.1 Å². The maximum atomic E-state index is 13.8. The molecule has 0 unspecified atom stereocenters. The van der Waals surface area contributed by atoms with E-state index in [1.165, 1.54) is 12.1 Å². The van der Waals surface area contributed by atoms with E-state index >= 15 is 0 Å². The van der Waals surface area contributed by atoms with Gasteiger partial charge < -0.3 is 4.74 Å². The van der Waals surface area contributed by atoms with Crippen molar-refractivity contribution in [2.75, 3.05) is 0 Å². The predicted molar refractivity (Wildman–Crippen MR) is 70.8 cm³/mol.